The number of aromatic nitrogens is 2. The van der Waals surface area contributed by atoms with E-state index in [9.17, 15) is 19.2 Å². The summed E-state index contributed by atoms with van der Waals surface area (Å²) in [5.41, 5.74) is 4.03. The van der Waals surface area contributed by atoms with Gasteiger partial charge in [-0.1, -0.05) is 18.5 Å². The molecule has 1 aromatic heterocycles. The summed E-state index contributed by atoms with van der Waals surface area (Å²) in [5, 5.41) is 0.281. The number of carbonyl (C=O) groups excluding carboxylic acids is 2. The number of nitrogens with zero attached hydrogens (tertiary/aromatic N) is 2. The fraction of sp³-hybridized carbons (Fsp3) is 0.333. The highest BCUT2D eigenvalue weighted by Gasteiger charge is 2.23. The van der Waals surface area contributed by atoms with E-state index in [-0.39, 0.29) is 28.7 Å². The molecule has 10 heteroatoms. The molecule has 0 aliphatic rings. The van der Waals surface area contributed by atoms with Crippen molar-refractivity contribution in [1.29, 1.82) is 0 Å². The number of nitrogens with two attached hydrogens (primary N) is 1. The lowest BCUT2D eigenvalue weighted by molar-refractivity contribution is 0.0471. The summed E-state index contributed by atoms with van der Waals surface area (Å²) in [5.74, 6) is -1.72. The number of rotatable bonds is 7. The van der Waals surface area contributed by atoms with E-state index >= 15 is 0 Å². The lowest BCUT2D eigenvalue weighted by atomic mass is 10.2. The van der Waals surface area contributed by atoms with E-state index in [2.05, 4.69) is 0 Å². The van der Waals surface area contributed by atoms with Crippen LogP contribution in [-0.2, 0) is 18.3 Å². The zero-order chi connectivity index (χ0) is 21.0. The van der Waals surface area contributed by atoms with E-state index < -0.39 is 35.2 Å². The van der Waals surface area contributed by atoms with Crippen molar-refractivity contribution < 1.29 is 19.1 Å². The smallest absolute Gasteiger partial charge is 0.342 e. The molecule has 0 radical (unpaired) electrons. The normalized spacial score (nSPS) is 10.6. The Hall–Kier alpha value is -3.07. The van der Waals surface area contributed by atoms with Gasteiger partial charge in [-0.25, -0.2) is 9.59 Å². The lowest BCUT2D eigenvalue weighted by Gasteiger charge is -2.14. The van der Waals surface area contributed by atoms with Gasteiger partial charge in [0.2, 0.25) is 5.78 Å². The minimum atomic E-state index is -0.857. The Morgan fingerprint density at radius 3 is 2.54 bits per heavy atom. The van der Waals surface area contributed by atoms with Crippen LogP contribution in [0, 0.1) is 0 Å². The number of methoxy groups -OCH3 is 1. The Balaban J connectivity index is 2.32. The van der Waals surface area contributed by atoms with Crippen molar-refractivity contribution in [2.75, 3.05) is 19.5 Å². The molecule has 9 nitrogen and oxygen atoms in total. The second-order valence-corrected chi connectivity index (χ2v) is 6.34. The van der Waals surface area contributed by atoms with Crippen LogP contribution in [0.25, 0.3) is 0 Å². The van der Waals surface area contributed by atoms with Crippen LogP contribution in [0.4, 0.5) is 5.82 Å². The monoisotopic (exact) mass is 409 g/mol. The molecule has 2 rings (SSSR count). The van der Waals surface area contributed by atoms with Crippen molar-refractivity contribution >= 4 is 29.2 Å². The number of esters is 1. The zero-order valence-corrected chi connectivity index (χ0v) is 16.4. The van der Waals surface area contributed by atoms with Crippen LogP contribution in [0.2, 0.25) is 5.02 Å². The van der Waals surface area contributed by atoms with Crippen molar-refractivity contribution in [2.45, 2.75) is 19.9 Å². The maximum absolute atomic E-state index is 12.5. The van der Waals surface area contributed by atoms with E-state index in [1.807, 2.05) is 6.92 Å². The van der Waals surface area contributed by atoms with Crippen molar-refractivity contribution in [3.63, 3.8) is 0 Å². The number of ether oxygens (including phenoxy) is 2. The molecule has 1 aromatic carbocycles. The number of hydrogen-bond acceptors (Lipinski definition) is 7. The van der Waals surface area contributed by atoms with Crippen LogP contribution >= 0.6 is 11.6 Å². The van der Waals surface area contributed by atoms with Crippen LogP contribution in [0.15, 0.2) is 27.8 Å². The third kappa shape index (κ3) is 4.09. The molecule has 0 aliphatic heterocycles. The van der Waals surface area contributed by atoms with Gasteiger partial charge in [0.1, 0.15) is 22.7 Å². The average Bonchev–Trinajstić information content (AvgIpc) is 2.67. The Kier molecular flexibility index (Phi) is 6.63. The van der Waals surface area contributed by atoms with Crippen molar-refractivity contribution in [1.82, 2.24) is 9.13 Å². The number of halogens is 1. The maximum atomic E-state index is 12.5. The van der Waals surface area contributed by atoms with E-state index in [1.165, 1.54) is 32.4 Å². The second-order valence-electron chi connectivity index (χ2n) is 5.90. The standard InChI is InChI=1S/C18H20ClN3O6/c1-4-7-22-15(20)14(16(24)21(2)18(22)26)12(23)9-28-17(25)11-8-10(19)5-6-13(11)27-3/h5-6,8H,4,7,9,20H2,1-3H3. The summed E-state index contributed by atoms with van der Waals surface area (Å²) in [6.45, 7) is 1.31. The molecule has 0 unspecified atom stereocenters. The van der Waals surface area contributed by atoms with Gasteiger partial charge in [0, 0.05) is 18.6 Å². The minimum Gasteiger partial charge on any atom is -0.496 e. The van der Waals surface area contributed by atoms with E-state index in [0.717, 1.165) is 9.13 Å². The molecule has 0 aliphatic carbocycles. The summed E-state index contributed by atoms with van der Waals surface area (Å²) in [6, 6.07) is 4.35. The second kappa shape index (κ2) is 8.75. The predicted octanol–water partition coefficient (Wildman–Crippen LogP) is 1.24. The molecule has 1 heterocycles. The maximum Gasteiger partial charge on any atom is 0.342 e. The number of Topliss-reactive ketones (excluding diaryl/α,β-unsaturated/α-hetero) is 1. The number of anilines is 1. The highest BCUT2D eigenvalue weighted by Crippen LogP contribution is 2.23. The van der Waals surface area contributed by atoms with Crippen LogP contribution < -0.4 is 21.7 Å². The van der Waals surface area contributed by atoms with Gasteiger partial charge >= 0.3 is 11.7 Å². The minimum absolute atomic E-state index is 0.0274. The van der Waals surface area contributed by atoms with Gasteiger partial charge < -0.3 is 15.2 Å². The summed E-state index contributed by atoms with van der Waals surface area (Å²) in [6.07, 6.45) is 0.569. The van der Waals surface area contributed by atoms with Gasteiger partial charge in [-0.3, -0.25) is 18.7 Å². The molecular formula is C18H20ClN3O6. The Morgan fingerprint density at radius 2 is 1.93 bits per heavy atom. The Labute approximate surface area is 165 Å². The molecule has 150 valence electrons. The molecule has 0 amide bonds. The number of benzene rings is 1. The number of hydrogen-bond donors (Lipinski definition) is 1. The Morgan fingerprint density at radius 1 is 1.25 bits per heavy atom. The summed E-state index contributed by atoms with van der Waals surface area (Å²) >= 11 is 5.87. The summed E-state index contributed by atoms with van der Waals surface area (Å²) < 4.78 is 12.0. The van der Waals surface area contributed by atoms with Crippen LogP contribution in [0.5, 0.6) is 5.75 Å². The van der Waals surface area contributed by atoms with Crippen molar-refractivity contribution in [3.05, 3.63) is 55.2 Å². The van der Waals surface area contributed by atoms with Gasteiger partial charge in [0.15, 0.2) is 6.61 Å². The fourth-order valence-corrected chi connectivity index (χ4v) is 2.78. The average molecular weight is 410 g/mol. The first-order chi connectivity index (χ1) is 13.2. The molecule has 0 saturated carbocycles. The zero-order valence-electron chi connectivity index (χ0n) is 15.7. The largest absolute Gasteiger partial charge is 0.496 e. The SMILES string of the molecule is CCCn1c(N)c(C(=O)COC(=O)c2cc(Cl)ccc2OC)c(=O)n(C)c1=O. The molecule has 0 atom stereocenters. The first-order valence-electron chi connectivity index (χ1n) is 8.36. The third-order valence-corrected chi connectivity index (χ3v) is 4.26. The topological polar surface area (TPSA) is 123 Å². The summed E-state index contributed by atoms with van der Waals surface area (Å²) in [7, 11) is 2.61. The van der Waals surface area contributed by atoms with Crippen LogP contribution in [-0.4, -0.2) is 34.6 Å². The predicted molar refractivity (Wildman–Crippen MR) is 103 cm³/mol. The van der Waals surface area contributed by atoms with Crippen molar-refractivity contribution in [2.24, 2.45) is 7.05 Å². The number of carbonyl (C=O) groups is 2. The molecule has 0 bridgehead atoms. The van der Waals surface area contributed by atoms with E-state index in [4.69, 9.17) is 26.8 Å². The van der Waals surface area contributed by atoms with E-state index in [0.29, 0.717) is 6.42 Å². The van der Waals surface area contributed by atoms with Gasteiger partial charge in [-0.2, -0.15) is 0 Å². The number of nitrogen functional groups attached to an aromatic ring is 1. The van der Waals surface area contributed by atoms with Gasteiger partial charge in [-0.15, -0.1) is 0 Å². The highest BCUT2D eigenvalue weighted by atomic mass is 35.5. The van der Waals surface area contributed by atoms with Gasteiger partial charge in [-0.05, 0) is 24.6 Å². The molecule has 2 N–H and O–H groups in total. The first-order valence-corrected chi connectivity index (χ1v) is 8.73. The molecule has 28 heavy (non-hydrogen) atoms. The Bertz CT molecular complexity index is 1040. The first kappa shape index (κ1) is 21.2. The third-order valence-electron chi connectivity index (χ3n) is 4.03. The molecule has 2 aromatic rings. The van der Waals surface area contributed by atoms with Crippen LogP contribution in [0.3, 0.4) is 0 Å². The number of ketones is 1. The van der Waals surface area contributed by atoms with Gasteiger partial charge in [0.25, 0.3) is 5.56 Å². The molecule has 0 fully saturated rings. The van der Waals surface area contributed by atoms with E-state index in [1.54, 1.807) is 0 Å². The van der Waals surface area contributed by atoms with Crippen molar-refractivity contribution in [3.8, 4) is 5.75 Å². The van der Waals surface area contributed by atoms with Gasteiger partial charge in [0.05, 0.1) is 7.11 Å². The fourth-order valence-electron chi connectivity index (χ4n) is 2.61. The molecule has 0 spiro atoms. The summed E-state index contributed by atoms with van der Waals surface area (Å²) in [4.78, 5) is 49.3. The lowest BCUT2D eigenvalue weighted by Crippen LogP contribution is -2.43. The van der Waals surface area contributed by atoms with Crippen LogP contribution in [0.1, 0.15) is 34.1 Å². The molecular weight excluding hydrogens is 390 g/mol. The molecule has 0 saturated heterocycles. The quantitative estimate of drug-likeness (QED) is 0.539. The highest BCUT2D eigenvalue weighted by molar-refractivity contribution is 6.31.